The van der Waals surface area contributed by atoms with E-state index in [2.05, 4.69) is 15.4 Å². The number of aromatic nitrogens is 3. The van der Waals surface area contributed by atoms with Gasteiger partial charge in [-0.3, -0.25) is 23.9 Å². The summed E-state index contributed by atoms with van der Waals surface area (Å²) in [4.78, 5) is 57.0. The molecule has 1 atom stereocenters. The molecule has 1 aromatic carbocycles. The quantitative estimate of drug-likeness (QED) is 0.162. The minimum Gasteiger partial charge on any atom is -0.465 e. The van der Waals surface area contributed by atoms with Gasteiger partial charge in [0.1, 0.15) is 24.0 Å². The Morgan fingerprint density at radius 1 is 1.14 bits per heavy atom. The van der Waals surface area contributed by atoms with E-state index in [0.29, 0.717) is 37.0 Å². The molecule has 10 nitrogen and oxygen atoms in total. The molecule has 1 fully saturated rings. The topological polar surface area (TPSA) is 123 Å². The number of alkyl halides is 3. The van der Waals surface area contributed by atoms with E-state index in [1.54, 1.807) is 0 Å². The van der Waals surface area contributed by atoms with Gasteiger partial charge in [0, 0.05) is 36.1 Å². The Labute approximate surface area is 245 Å². The smallest absolute Gasteiger partial charge is 0.435 e. The van der Waals surface area contributed by atoms with Crippen molar-refractivity contribution in [3.05, 3.63) is 63.2 Å². The fourth-order valence-corrected chi connectivity index (χ4v) is 5.47. The van der Waals surface area contributed by atoms with E-state index >= 15 is 0 Å². The van der Waals surface area contributed by atoms with E-state index < -0.39 is 52.6 Å². The lowest BCUT2D eigenvalue weighted by molar-refractivity contribution is -0.148. The van der Waals surface area contributed by atoms with E-state index in [4.69, 9.17) is 4.74 Å². The fourth-order valence-electron chi connectivity index (χ4n) is 4.55. The standard InChI is InChI=1S/C27H26F5N5O5S/c1-3-42-26(41)22(23(39)17-5-4-16(28)11-18(17)29)24(40)33-20-13-43-25(34-20)15-6-8-36(9-7-15)21(38)12-37-14(2)10-19(35-37)27(30,31)32/h4-5,10-11,13,15,22H,3,6-9,12H2,1-2H3,(H,33,40). The van der Waals surface area contributed by atoms with Gasteiger partial charge in [-0.15, -0.1) is 11.3 Å². The van der Waals surface area contributed by atoms with E-state index in [0.717, 1.165) is 22.9 Å². The summed E-state index contributed by atoms with van der Waals surface area (Å²) >= 11 is 1.20. The number of carbonyl (C=O) groups excluding carboxylic acids is 4. The number of halogens is 5. The van der Waals surface area contributed by atoms with Crippen LogP contribution < -0.4 is 5.32 Å². The molecule has 0 aliphatic carbocycles. The number of benzene rings is 1. The molecular weight excluding hydrogens is 601 g/mol. The molecule has 3 heterocycles. The van der Waals surface area contributed by atoms with Crippen LogP contribution in [0.2, 0.25) is 0 Å². The lowest BCUT2D eigenvalue weighted by Gasteiger charge is -2.31. The summed E-state index contributed by atoms with van der Waals surface area (Å²) in [6.45, 7) is 3.05. The minimum absolute atomic E-state index is 0.0415. The first-order valence-electron chi connectivity index (χ1n) is 13.1. The van der Waals surface area contributed by atoms with Gasteiger partial charge in [-0.1, -0.05) is 0 Å². The number of aryl methyl sites for hydroxylation is 1. The number of hydrogen-bond donors (Lipinski definition) is 1. The van der Waals surface area contributed by atoms with Crippen LogP contribution in [-0.2, 0) is 31.8 Å². The van der Waals surface area contributed by atoms with Crippen LogP contribution in [0, 0.1) is 24.5 Å². The zero-order valence-electron chi connectivity index (χ0n) is 22.9. The average Bonchev–Trinajstić information content (AvgIpc) is 3.55. The van der Waals surface area contributed by atoms with Crippen LogP contribution in [0.3, 0.4) is 0 Å². The number of thiazole rings is 1. The Morgan fingerprint density at radius 3 is 2.44 bits per heavy atom. The number of Topliss-reactive ketones (excluding diaryl/α,β-unsaturated/α-hetero) is 1. The summed E-state index contributed by atoms with van der Waals surface area (Å²) in [6, 6.07) is 3.00. The van der Waals surface area contributed by atoms with Gasteiger partial charge in [0.05, 0.1) is 17.2 Å². The van der Waals surface area contributed by atoms with Crippen LogP contribution in [0.15, 0.2) is 29.6 Å². The lowest BCUT2D eigenvalue weighted by Crippen LogP contribution is -2.40. The van der Waals surface area contributed by atoms with Gasteiger partial charge < -0.3 is 15.0 Å². The van der Waals surface area contributed by atoms with Gasteiger partial charge in [-0.2, -0.15) is 18.3 Å². The highest BCUT2D eigenvalue weighted by molar-refractivity contribution is 7.10. The minimum atomic E-state index is -4.61. The van der Waals surface area contributed by atoms with Crippen LogP contribution in [-0.4, -0.2) is 62.9 Å². The number of amides is 2. The zero-order valence-corrected chi connectivity index (χ0v) is 23.7. The van der Waals surface area contributed by atoms with Crippen LogP contribution >= 0.6 is 11.3 Å². The zero-order chi connectivity index (χ0) is 31.5. The van der Waals surface area contributed by atoms with Crippen molar-refractivity contribution in [2.45, 2.75) is 45.3 Å². The maximum Gasteiger partial charge on any atom is 0.435 e. The maximum atomic E-state index is 14.2. The largest absolute Gasteiger partial charge is 0.465 e. The Kier molecular flexibility index (Phi) is 9.57. The van der Waals surface area contributed by atoms with Gasteiger partial charge in [0.15, 0.2) is 17.4 Å². The van der Waals surface area contributed by atoms with E-state index in [-0.39, 0.29) is 36.5 Å². The first kappa shape index (κ1) is 31.7. The molecular formula is C27H26F5N5O5S. The monoisotopic (exact) mass is 627 g/mol. The molecule has 2 aromatic heterocycles. The van der Waals surface area contributed by atoms with Crippen molar-refractivity contribution in [1.82, 2.24) is 19.7 Å². The molecule has 2 amide bonds. The molecule has 43 heavy (non-hydrogen) atoms. The van der Waals surface area contributed by atoms with Gasteiger partial charge in [-0.25, -0.2) is 13.8 Å². The molecule has 1 aliphatic heterocycles. The first-order chi connectivity index (χ1) is 20.3. The van der Waals surface area contributed by atoms with E-state index in [9.17, 15) is 41.1 Å². The highest BCUT2D eigenvalue weighted by atomic mass is 32.1. The van der Waals surface area contributed by atoms with E-state index in [1.165, 1.54) is 35.5 Å². The van der Waals surface area contributed by atoms with Gasteiger partial charge in [0.25, 0.3) is 0 Å². The number of nitrogens with zero attached hydrogens (tertiary/aromatic N) is 4. The van der Waals surface area contributed by atoms with Gasteiger partial charge in [-0.05, 0) is 44.9 Å². The Morgan fingerprint density at radius 2 is 1.84 bits per heavy atom. The SMILES string of the molecule is CCOC(=O)C(C(=O)Nc1csc(C2CCN(C(=O)Cn3nc(C(F)(F)F)cc3C)CC2)n1)C(=O)c1ccc(F)cc1F. The second-order valence-electron chi connectivity index (χ2n) is 9.72. The third-order valence-corrected chi connectivity index (χ3v) is 7.78. The highest BCUT2D eigenvalue weighted by Crippen LogP contribution is 2.32. The van der Waals surface area contributed by atoms with Gasteiger partial charge >= 0.3 is 12.1 Å². The third-order valence-electron chi connectivity index (χ3n) is 6.77. The molecule has 1 saturated heterocycles. The number of nitrogens with one attached hydrogen (secondary N) is 1. The number of ether oxygens (including phenoxy) is 1. The summed E-state index contributed by atoms with van der Waals surface area (Å²) in [5.74, 6) is -8.20. The summed E-state index contributed by atoms with van der Waals surface area (Å²) in [5, 5.41) is 7.98. The number of rotatable bonds is 9. The van der Waals surface area contributed by atoms with E-state index in [1.807, 2.05) is 0 Å². The number of esters is 1. The molecule has 4 rings (SSSR count). The predicted octanol–water partition coefficient (Wildman–Crippen LogP) is 4.35. The predicted molar refractivity (Wildman–Crippen MR) is 142 cm³/mol. The number of hydrogen-bond acceptors (Lipinski definition) is 8. The Hall–Kier alpha value is -4.21. The van der Waals surface area contributed by atoms with Crippen molar-refractivity contribution in [2.75, 3.05) is 25.0 Å². The van der Waals surface area contributed by atoms with Crippen molar-refractivity contribution < 1.29 is 45.9 Å². The lowest BCUT2D eigenvalue weighted by atomic mass is 9.96. The number of ketones is 1. The molecule has 1 N–H and O–H groups in total. The summed E-state index contributed by atoms with van der Waals surface area (Å²) in [6.07, 6.45) is -3.63. The second kappa shape index (κ2) is 13.0. The van der Waals surface area contributed by atoms with Crippen LogP contribution in [0.5, 0.6) is 0 Å². The highest BCUT2D eigenvalue weighted by Gasteiger charge is 2.38. The normalized spacial score (nSPS) is 14.8. The molecule has 230 valence electrons. The summed E-state index contributed by atoms with van der Waals surface area (Å²) in [7, 11) is 0. The Balaban J connectivity index is 1.37. The van der Waals surface area contributed by atoms with Crippen LogP contribution in [0.25, 0.3) is 0 Å². The van der Waals surface area contributed by atoms with Crippen molar-refractivity contribution in [3.8, 4) is 0 Å². The molecule has 0 spiro atoms. The molecule has 0 radical (unpaired) electrons. The summed E-state index contributed by atoms with van der Waals surface area (Å²) < 4.78 is 72.2. The first-order valence-corrected chi connectivity index (χ1v) is 14.0. The molecule has 0 bridgehead atoms. The van der Waals surface area contributed by atoms with Gasteiger partial charge in [0.2, 0.25) is 11.8 Å². The number of piperidine rings is 1. The number of likely N-dealkylation sites (tertiary alicyclic amines) is 1. The summed E-state index contributed by atoms with van der Waals surface area (Å²) in [5.41, 5.74) is -1.51. The Bertz CT molecular complexity index is 1530. The average molecular weight is 628 g/mol. The number of carbonyl (C=O) groups is 4. The molecule has 1 aliphatic rings. The van der Waals surface area contributed by atoms with Crippen LogP contribution in [0.1, 0.15) is 52.4 Å². The van der Waals surface area contributed by atoms with Crippen molar-refractivity contribution in [3.63, 3.8) is 0 Å². The van der Waals surface area contributed by atoms with Crippen molar-refractivity contribution in [1.29, 1.82) is 0 Å². The third kappa shape index (κ3) is 7.42. The molecule has 3 aromatic rings. The maximum absolute atomic E-state index is 14.2. The second-order valence-corrected chi connectivity index (χ2v) is 10.6. The number of anilines is 1. The fraction of sp³-hybridized carbons (Fsp3) is 0.407. The van der Waals surface area contributed by atoms with Crippen molar-refractivity contribution in [2.24, 2.45) is 5.92 Å². The molecule has 1 unspecified atom stereocenters. The van der Waals surface area contributed by atoms with Crippen molar-refractivity contribution >= 4 is 40.7 Å². The molecule has 16 heteroatoms. The van der Waals surface area contributed by atoms with Crippen LogP contribution in [0.4, 0.5) is 27.8 Å². The molecule has 0 saturated carbocycles.